The Morgan fingerprint density at radius 3 is 2.94 bits per heavy atom. The molecule has 0 atom stereocenters. The van der Waals surface area contributed by atoms with E-state index in [2.05, 4.69) is 15.5 Å². The number of para-hydroxylation sites is 1. The summed E-state index contributed by atoms with van der Waals surface area (Å²) in [6.45, 7) is 1.69. The van der Waals surface area contributed by atoms with Gasteiger partial charge in [0.1, 0.15) is 11.3 Å². The number of aromatic nitrogens is 2. The van der Waals surface area contributed by atoms with Crippen molar-refractivity contribution in [2.24, 2.45) is 0 Å². The van der Waals surface area contributed by atoms with E-state index in [1.54, 1.807) is 6.92 Å². The molecule has 1 aromatic carbocycles. The van der Waals surface area contributed by atoms with Crippen LogP contribution in [0.25, 0.3) is 10.2 Å². The van der Waals surface area contributed by atoms with Crippen LogP contribution < -0.4 is 5.32 Å². The van der Waals surface area contributed by atoms with Gasteiger partial charge in [0.25, 0.3) is 5.91 Å². The Hall–Kier alpha value is -2.21. The quantitative estimate of drug-likeness (QED) is 0.768. The molecule has 3 aromatic rings. The number of benzene rings is 1. The van der Waals surface area contributed by atoms with Crippen molar-refractivity contribution >= 4 is 32.6 Å². The SMILES string of the molecule is Cc1oncc1C(=O)Nc1nc2ccccc2s1. The molecule has 0 fully saturated rings. The van der Waals surface area contributed by atoms with Gasteiger partial charge in [-0.25, -0.2) is 4.98 Å². The Kier molecular flexibility index (Phi) is 2.56. The zero-order valence-electron chi connectivity index (χ0n) is 9.51. The van der Waals surface area contributed by atoms with E-state index < -0.39 is 0 Å². The van der Waals surface area contributed by atoms with Crippen molar-refractivity contribution in [1.29, 1.82) is 0 Å². The highest BCUT2D eigenvalue weighted by molar-refractivity contribution is 7.22. The third-order valence-corrected chi connectivity index (χ3v) is 3.46. The molecule has 0 bridgehead atoms. The lowest BCUT2D eigenvalue weighted by Gasteiger charge is -1.97. The van der Waals surface area contributed by atoms with E-state index in [9.17, 15) is 4.79 Å². The lowest BCUT2D eigenvalue weighted by Crippen LogP contribution is -2.11. The van der Waals surface area contributed by atoms with Crippen LogP contribution >= 0.6 is 11.3 Å². The molecule has 3 rings (SSSR count). The number of amides is 1. The van der Waals surface area contributed by atoms with E-state index in [1.165, 1.54) is 17.5 Å². The van der Waals surface area contributed by atoms with E-state index in [0.717, 1.165) is 10.2 Å². The molecule has 0 aliphatic carbocycles. The zero-order chi connectivity index (χ0) is 12.5. The summed E-state index contributed by atoms with van der Waals surface area (Å²) in [6.07, 6.45) is 1.40. The van der Waals surface area contributed by atoms with E-state index in [4.69, 9.17) is 4.52 Å². The molecule has 0 spiro atoms. The summed E-state index contributed by atoms with van der Waals surface area (Å²) in [5.41, 5.74) is 1.30. The predicted octanol–water partition coefficient (Wildman–Crippen LogP) is 2.85. The van der Waals surface area contributed by atoms with Gasteiger partial charge in [0.05, 0.1) is 16.4 Å². The number of hydrogen-bond acceptors (Lipinski definition) is 5. The Labute approximate surface area is 106 Å². The molecule has 0 saturated carbocycles. The van der Waals surface area contributed by atoms with Crippen molar-refractivity contribution in [2.45, 2.75) is 6.92 Å². The van der Waals surface area contributed by atoms with Crippen LogP contribution in [0.2, 0.25) is 0 Å². The lowest BCUT2D eigenvalue weighted by molar-refractivity contribution is 0.102. The normalized spacial score (nSPS) is 10.7. The van der Waals surface area contributed by atoms with Crippen molar-refractivity contribution in [3.63, 3.8) is 0 Å². The number of carbonyl (C=O) groups excluding carboxylic acids is 1. The summed E-state index contributed by atoms with van der Waals surface area (Å²) < 4.78 is 5.89. The molecule has 0 aliphatic heterocycles. The van der Waals surface area contributed by atoms with Crippen LogP contribution in [-0.2, 0) is 0 Å². The summed E-state index contributed by atoms with van der Waals surface area (Å²) in [5, 5.41) is 6.89. The van der Waals surface area contributed by atoms with Crippen LogP contribution in [0.1, 0.15) is 16.1 Å². The molecule has 0 saturated heterocycles. The molecule has 2 aromatic heterocycles. The molecule has 6 heteroatoms. The standard InChI is InChI=1S/C12H9N3O2S/c1-7-8(6-13-17-7)11(16)15-12-14-9-4-2-3-5-10(9)18-12/h2-6H,1H3,(H,14,15,16). The third kappa shape index (κ3) is 1.86. The Morgan fingerprint density at radius 2 is 2.22 bits per heavy atom. The Bertz CT molecular complexity index is 684. The second-order valence-corrected chi connectivity index (χ2v) is 4.77. The van der Waals surface area contributed by atoms with Crippen LogP contribution in [0, 0.1) is 6.92 Å². The van der Waals surface area contributed by atoms with Gasteiger partial charge >= 0.3 is 0 Å². The molecule has 18 heavy (non-hydrogen) atoms. The summed E-state index contributed by atoms with van der Waals surface area (Å²) in [4.78, 5) is 16.3. The number of nitrogens with zero attached hydrogens (tertiary/aromatic N) is 2. The number of anilines is 1. The van der Waals surface area contributed by atoms with Crippen LogP contribution in [0.15, 0.2) is 35.0 Å². The molecule has 2 heterocycles. The number of nitrogens with one attached hydrogen (secondary N) is 1. The van der Waals surface area contributed by atoms with E-state index in [1.807, 2.05) is 24.3 Å². The van der Waals surface area contributed by atoms with Gasteiger partial charge in [-0.05, 0) is 19.1 Å². The summed E-state index contributed by atoms with van der Waals surface area (Å²) in [7, 11) is 0. The first kappa shape index (κ1) is 10.9. The number of rotatable bonds is 2. The van der Waals surface area contributed by atoms with Crippen LogP contribution in [0.5, 0.6) is 0 Å². The van der Waals surface area contributed by atoms with Crippen molar-refractivity contribution < 1.29 is 9.32 Å². The fourth-order valence-corrected chi connectivity index (χ4v) is 2.47. The Morgan fingerprint density at radius 1 is 1.39 bits per heavy atom. The summed E-state index contributed by atoms with van der Waals surface area (Å²) >= 11 is 1.43. The maximum atomic E-state index is 11.9. The van der Waals surface area contributed by atoms with Crippen molar-refractivity contribution in [3.05, 3.63) is 41.8 Å². The highest BCUT2D eigenvalue weighted by Crippen LogP contribution is 2.25. The van der Waals surface area contributed by atoms with Crippen molar-refractivity contribution in [2.75, 3.05) is 5.32 Å². The summed E-state index contributed by atoms with van der Waals surface area (Å²) in [6, 6.07) is 7.73. The van der Waals surface area contributed by atoms with Gasteiger partial charge in [-0.2, -0.15) is 0 Å². The number of carbonyl (C=O) groups is 1. The monoisotopic (exact) mass is 259 g/mol. The van der Waals surface area contributed by atoms with E-state index >= 15 is 0 Å². The smallest absolute Gasteiger partial charge is 0.262 e. The first-order chi connectivity index (χ1) is 8.74. The maximum Gasteiger partial charge on any atom is 0.262 e. The highest BCUT2D eigenvalue weighted by atomic mass is 32.1. The first-order valence-electron chi connectivity index (χ1n) is 5.32. The molecular formula is C12H9N3O2S. The number of aryl methyl sites for hydroxylation is 1. The highest BCUT2D eigenvalue weighted by Gasteiger charge is 2.14. The predicted molar refractivity (Wildman–Crippen MR) is 68.8 cm³/mol. The molecule has 0 unspecified atom stereocenters. The van der Waals surface area contributed by atoms with Gasteiger partial charge in [-0.1, -0.05) is 28.6 Å². The minimum atomic E-state index is -0.257. The molecular weight excluding hydrogens is 250 g/mol. The molecule has 90 valence electrons. The topological polar surface area (TPSA) is 68.0 Å². The van der Waals surface area contributed by atoms with Crippen LogP contribution in [0.4, 0.5) is 5.13 Å². The largest absolute Gasteiger partial charge is 0.361 e. The molecule has 0 aliphatic rings. The van der Waals surface area contributed by atoms with Gasteiger partial charge in [0.15, 0.2) is 5.13 Å². The summed E-state index contributed by atoms with van der Waals surface area (Å²) in [5.74, 6) is 0.237. The van der Waals surface area contributed by atoms with Crippen molar-refractivity contribution in [3.8, 4) is 0 Å². The fourth-order valence-electron chi connectivity index (χ4n) is 1.61. The van der Waals surface area contributed by atoms with Crippen LogP contribution in [0.3, 0.4) is 0 Å². The first-order valence-corrected chi connectivity index (χ1v) is 6.14. The molecule has 1 N–H and O–H groups in total. The average molecular weight is 259 g/mol. The minimum Gasteiger partial charge on any atom is -0.361 e. The van der Waals surface area contributed by atoms with Crippen LogP contribution in [-0.4, -0.2) is 16.0 Å². The second kappa shape index (κ2) is 4.23. The fraction of sp³-hybridized carbons (Fsp3) is 0.0833. The van der Waals surface area contributed by atoms with Crippen molar-refractivity contribution in [1.82, 2.24) is 10.1 Å². The molecule has 0 radical (unpaired) electrons. The number of thiazole rings is 1. The zero-order valence-corrected chi connectivity index (χ0v) is 10.3. The average Bonchev–Trinajstić information content (AvgIpc) is 2.94. The lowest BCUT2D eigenvalue weighted by atomic mass is 10.2. The maximum absolute atomic E-state index is 11.9. The van der Waals surface area contributed by atoms with Gasteiger partial charge < -0.3 is 4.52 Å². The number of fused-ring (bicyclic) bond motifs is 1. The van der Waals surface area contributed by atoms with Gasteiger partial charge in [-0.3, -0.25) is 10.1 Å². The van der Waals surface area contributed by atoms with E-state index in [-0.39, 0.29) is 5.91 Å². The van der Waals surface area contributed by atoms with Gasteiger partial charge in [0, 0.05) is 0 Å². The van der Waals surface area contributed by atoms with E-state index in [0.29, 0.717) is 16.5 Å². The second-order valence-electron chi connectivity index (χ2n) is 3.74. The number of hydrogen-bond donors (Lipinski definition) is 1. The molecule has 1 amide bonds. The van der Waals surface area contributed by atoms with Gasteiger partial charge in [-0.15, -0.1) is 0 Å². The van der Waals surface area contributed by atoms with Gasteiger partial charge in [0.2, 0.25) is 0 Å². The molecule has 5 nitrogen and oxygen atoms in total. The third-order valence-electron chi connectivity index (χ3n) is 2.51. The Balaban J connectivity index is 1.88. The minimum absolute atomic E-state index is 0.257.